The summed E-state index contributed by atoms with van der Waals surface area (Å²) in [7, 11) is -4.30. The predicted molar refractivity (Wildman–Crippen MR) is 41.2 cm³/mol. The molecule has 0 fully saturated rings. The van der Waals surface area contributed by atoms with Gasteiger partial charge in [0.25, 0.3) is 7.82 Å². The maximum Gasteiger partial charge on any atom is 0.298 e. The fourth-order valence-corrected chi connectivity index (χ4v) is 1.40. The van der Waals surface area contributed by atoms with Crippen molar-refractivity contribution in [1.29, 1.82) is 0 Å². The highest BCUT2D eigenvalue weighted by Crippen LogP contribution is 2.42. The van der Waals surface area contributed by atoms with Crippen molar-refractivity contribution in [2.24, 2.45) is 0 Å². The monoisotopic (exact) mass is 197 g/mol. The van der Waals surface area contributed by atoms with E-state index in [9.17, 15) is 9.46 Å². The van der Waals surface area contributed by atoms with Gasteiger partial charge in [-0.2, -0.15) is 4.67 Å². The third-order valence-electron chi connectivity index (χ3n) is 0.648. The molecule has 0 aliphatic rings. The molecule has 0 saturated heterocycles. The quantitative estimate of drug-likeness (QED) is 0.385. The van der Waals surface area contributed by atoms with Crippen molar-refractivity contribution in [3.05, 3.63) is 0 Å². The summed E-state index contributed by atoms with van der Waals surface area (Å²) in [4.78, 5) is 15.1. The molecule has 6 heteroatoms. The van der Waals surface area contributed by atoms with Crippen molar-refractivity contribution in [3.8, 4) is 0 Å². The number of rotatable bonds is 4. The molecule has 1 unspecified atom stereocenters. The van der Waals surface area contributed by atoms with Gasteiger partial charge in [-0.3, -0.25) is 4.57 Å². The molecule has 0 aromatic carbocycles. The molecule has 5 nitrogen and oxygen atoms in total. The van der Waals surface area contributed by atoms with Crippen LogP contribution in [0.25, 0.3) is 0 Å². The van der Waals surface area contributed by atoms with Gasteiger partial charge in [-0.15, -0.1) is 0 Å². The van der Waals surface area contributed by atoms with E-state index in [-0.39, 0.29) is 6.61 Å². The van der Waals surface area contributed by atoms with Gasteiger partial charge < -0.3 is 9.42 Å². The molecule has 0 spiro atoms. The zero-order chi connectivity index (χ0) is 9.83. The Labute approximate surface area is 72.2 Å². The molecule has 0 aliphatic heterocycles. The van der Waals surface area contributed by atoms with E-state index in [1.807, 2.05) is 0 Å². The Morgan fingerprint density at radius 3 is 2.25 bits per heavy atom. The van der Waals surface area contributed by atoms with Gasteiger partial charge in [0.1, 0.15) is 0 Å². The summed E-state index contributed by atoms with van der Waals surface area (Å²) in [5, 5.41) is 0. The number of phosphoric ester groups is 1. The van der Waals surface area contributed by atoms with Gasteiger partial charge in [0, 0.05) is 0 Å². The van der Waals surface area contributed by atoms with Crippen molar-refractivity contribution >= 4 is 7.82 Å². The predicted octanol–water partition coefficient (Wildman–Crippen LogP) is 1.24. The van der Waals surface area contributed by atoms with E-state index in [4.69, 9.17) is 0 Å². The summed E-state index contributed by atoms with van der Waals surface area (Å²) in [6.07, 6.45) is 0. The van der Waals surface area contributed by atoms with Crippen LogP contribution in [0.4, 0.5) is 0 Å². The lowest BCUT2D eigenvalue weighted by Gasteiger charge is -2.28. The summed E-state index contributed by atoms with van der Waals surface area (Å²) < 4.78 is 19.5. The van der Waals surface area contributed by atoms with Crippen molar-refractivity contribution in [2.45, 2.75) is 33.3 Å². The van der Waals surface area contributed by atoms with Gasteiger partial charge in [0.05, 0.1) is 12.2 Å². The average molecular weight is 197 g/mol. The number of hydrogen-bond donors (Lipinski definition) is 0. The SMILES string of the molecule is CCOOP(=O)([O-])OC(C)(C)C. The van der Waals surface area contributed by atoms with Gasteiger partial charge in [-0.1, -0.05) is 0 Å². The van der Waals surface area contributed by atoms with E-state index in [0.717, 1.165) is 0 Å². The zero-order valence-electron chi connectivity index (χ0n) is 7.70. The molecule has 0 bridgehead atoms. The lowest BCUT2D eigenvalue weighted by atomic mass is 10.2. The summed E-state index contributed by atoms with van der Waals surface area (Å²) >= 11 is 0. The minimum Gasteiger partial charge on any atom is -0.754 e. The van der Waals surface area contributed by atoms with E-state index in [0.29, 0.717) is 0 Å². The summed E-state index contributed by atoms with van der Waals surface area (Å²) in [6.45, 7) is 6.57. The molecule has 0 N–H and O–H groups in total. The standard InChI is InChI=1S/C6H15O5P/c1-5-9-11-12(7,8)10-6(2,3)4/h5H2,1-4H3,(H,7,8)/p-1. The fourth-order valence-electron chi connectivity index (χ4n) is 0.468. The second kappa shape index (κ2) is 4.35. The van der Waals surface area contributed by atoms with E-state index in [1.165, 1.54) is 0 Å². The Hall–Kier alpha value is 0.0700. The Balaban J connectivity index is 3.96. The molecular weight excluding hydrogens is 183 g/mol. The second-order valence-corrected chi connectivity index (χ2v) is 4.36. The number of hydrogen-bond acceptors (Lipinski definition) is 5. The minimum atomic E-state index is -4.30. The topological polar surface area (TPSA) is 67.8 Å². The summed E-state index contributed by atoms with van der Waals surface area (Å²) in [5.41, 5.74) is -0.797. The minimum absolute atomic E-state index is 0.153. The van der Waals surface area contributed by atoms with Crippen molar-refractivity contribution < 1.29 is 23.5 Å². The van der Waals surface area contributed by atoms with Crippen LogP contribution < -0.4 is 4.89 Å². The molecule has 0 aromatic rings. The average Bonchev–Trinajstić information content (AvgIpc) is 1.78. The second-order valence-electron chi connectivity index (χ2n) is 3.13. The van der Waals surface area contributed by atoms with E-state index >= 15 is 0 Å². The van der Waals surface area contributed by atoms with E-state index < -0.39 is 13.4 Å². The van der Waals surface area contributed by atoms with E-state index in [1.54, 1.807) is 27.7 Å². The molecule has 0 amide bonds. The van der Waals surface area contributed by atoms with Gasteiger partial charge in [-0.05, 0) is 27.7 Å². The van der Waals surface area contributed by atoms with Gasteiger partial charge in [0.15, 0.2) is 0 Å². The molecule has 0 saturated carbocycles. The zero-order valence-corrected chi connectivity index (χ0v) is 8.59. The van der Waals surface area contributed by atoms with Crippen LogP contribution in [0.1, 0.15) is 27.7 Å². The first-order valence-electron chi connectivity index (χ1n) is 3.60. The lowest BCUT2D eigenvalue weighted by molar-refractivity contribution is -0.309. The third-order valence-corrected chi connectivity index (χ3v) is 1.71. The Kier molecular flexibility index (Phi) is 4.37. The molecule has 0 rings (SSSR count). The highest BCUT2D eigenvalue weighted by Gasteiger charge is 2.20. The molecule has 0 aliphatic carbocycles. The Bertz CT molecular complexity index is 173. The van der Waals surface area contributed by atoms with Crippen LogP contribution in [0, 0.1) is 0 Å². The molecule has 0 radical (unpaired) electrons. The third kappa shape index (κ3) is 6.76. The largest absolute Gasteiger partial charge is 0.754 e. The van der Waals surface area contributed by atoms with Crippen LogP contribution in [0.5, 0.6) is 0 Å². The van der Waals surface area contributed by atoms with E-state index in [2.05, 4.69) is 14.1 Å². The molecular formula is C6H14O5P-. The van der Waals surface area contributed by atoms with Gasteiger partial charge in [-0.25, -0.2) is 4.89 Å². The van der Waals surface area contributed by atoms with Crippen LogP contribution >= 0.6 is 7.82 Å². The fraction of sp³-hybridized carbons (Fsp3) is 1.00. The van der Waals surface area contributed by atoms with Gasteiger partial charge in [0.2, 0.25) is 0 Å². The smallest absolute Gasteiger partial charge is 0.298 e. The first kappa shape index (κ1) is 12.1. The van der Waals surface area contributed by atoms with Crippen LogP contribution in [-0.4, -0.2) is 12.2 Å². The highest BCUT2D eigenvalue weighted by molar-refractivity contribution is 7.45. The maximum atomic E-state index is 10.9. The van der Waals surface area contributed by atoms with Crippen molar-refractivity contribution in [2.75, 3.05) is 6.61 Å². The first-order chi connectivity index (χ1) is 5.27. The highest BCUT2D eigenvalue weighted by atomic mass is 31.2. The lowest BCUT2D eigenvalue weighted by Crippen LogP contribution is -2.22. The van der Waals surface area contributed by atoms with Gasteiger partial charge >= 0.3 is 0 Å². The van der Waals surface area contributed by atoms with Crippen LogP contribution in [0.2, 0.25) is 0 Å². The van der Waals surface area contributed by atoms with Crippen molar-refractivity contribution in [3.63, 3.8) is 0 Å². The summed E-state index contributed by atoms with van der Waals surface area (Å²) in [5.74, 6) is 0. The van der Waals surface area contributed by atoms with Crippen LogP contribution in [0.3, 0.4) is 0 Å². The molecule has 0 heterocycles. The Morgan fingerprint density at radius 2 is 1.92 bits per heavy atom. The Morgan fingerprint density at radius 1 is 1.42 bits per heavy atom. The maximum absolute atomic E-state index is 10.9. The summed E-state index contributed by atoms with van der Waals surface area (Å²) in [6, 6.07) is 0. The molecule has 74 valence electrons. The number of phosphoric acid groups is 1. The van der Waals surface area contributed by atoms with Crippen molar-refractivity contribution in [1.82, 2.24) is 0 Å². The molecule has 0 aromatic heterocycles. The molecule has 1 atom stereocenters. The van der Waals surface area contributed by atoms with Crippen LogP contribution in [-0.2, 0) is 18.7 Å². The first-order valence-corrected chi connectivity index (χ1v) is 5.06. The normalized spacial score (nSPS) is 17.4. The van der Waals surface area contributed by atoms with Crippen LogP contribution in [0.15, 0.2) is 0 Å². The molecule has 12 heavy (non-hydrogen) atoms.